The van der Waals surface area contributed by atoms with Gasteiger partial charge in [0.15, 0.2) is 0 Å². The van der Waals surface area contributed by atoms with Crippen LogP contribution in [0.3, 0.4) is 0 Å². The Balaban J connectivity index is 2.11. The van der Waals surface area contributed by atoms with E-state index in [-0.39, 0.29) is 5.91 Å². The maximum atomic E-state index is 11.3. The minimum absolute atomic E-state index is 0.289. The molecular formula is C10H17NO2. The van der Waals surface area contributed by atoms with Crippen LogP contribution in [0.5, 0.6) is 0 Å². The number of rotatable bonds is 5. The first-order valence-corrected chi connectivity index (χ1v) is 5.06. The number of hydrogen-bond acceptors (Lipinski definition) is 2. The highest BCUT2D eigenvalue weighted by Crippen LogP contribution is 2.11. The summed E-state index contributed by atoms with van der Waals surface area (Å²) in [5.74, 6) is 0.289. The summed E-state index contributed by atoms with van der Waals surface area (Å²) < 4.78 is 0. The highest BCUT2D eigenvalue weighted by atomic mass is 16.2. The zero-order valence-electron chi connectivity index (χ0n) is 8.00. The van der Waals surface area contributed by atoms with Crippen molar-refractivity contribution in [2.24, 2.45) is 0 Å². The molecule has 0 unspecified atom stereocenters. The molecule has 1 amide bonds. The van der Waals surface area contributed by atoms with E-state index in [1.165, 1.54) is 0 Å². The molecule has 0 saturated carbocycles. The SMILES string of the molecule is O=CCCCCN1CCCCC1=O. The Morgan fingerprint density at radius 2 is 2.15 bits per heavy atom. The molecule has 1 saturated heterocycles. The highest BCUT2D eigenvalue weighted by Gasteiger charge is 2.16. The molecule has 0 aliphatic carbocycles. The Labute approximate surface area is 79.1 Å². The minimum atomic E-state index is 0.289. The number of carbonyl (C=O) groups is 2. The van der Waals surface area contributed by atoms with Gasteiger partial charge in [0.2, 0.25) is 5.91 Å². The van der Waals surface area contributed by atoms with E-state index >= 15 is 0 Å². The van der Waals surface area contributed by atoms with Crippen molar-refractivity contribution >= 4 is 12.2 Å². The predicted octanol–water partition coefficient (Wildman–Crippen LogP) is 1.37. The van der Waals surface area contributed by atoms with Crippen molar-refractivity contribution in [2.75, 3.05) is 13.1 Å². The number of amides is 1. The van der Waals surface area contributed by atoms with Gasteiger partial charge < -0.3 is 9.69 Å². The summed E-state index contributed by atoms with van der Waals surface area (Å²) in [6.45, 7) is 1.76. The second kappa shape index (κ2) is 5.73. The second-order valence-electron chi connectivity index (χ2n) is 3.50. The first-order chi connectivity index (χ1) is 6.34. The summed E-state index contributed by atoms with van der Waals surface area (Å²) in [4.78, 5) is 23.3. The maximum Gasteiger partial charge on any atom is 0.222 e. The summed E-state index contributed by atoms with van der Waals surface area (Å²) in [7, 11) is 0. The Bertz CT molecular complexity index is 180. The van der Waals surface area contributed by atoms with Gasteiger partial charge in [-0.2, -0.15) is 0 Å². The topological polar surface area (TPSA) is 37.4 Å². The van der Waals surface area contributed by atoms with Gasteiger partial charge in [-0.1, -0.05) is 0 Å². The van der Waals surface area contributed by atoms with Crippen molar-refractivity contribution in [1.82, 2.24) is 4.90 Å². The lowest BCUT2D eigenvalue weighted by molar-refractivity contribution is -0.133. The fraction of sp³-hybridized carbons (Fsp3) is 0.800. The number of nitrogens with zero attached hydrogens (tertiary/aromatic N) is 1. The molecule has 0 aromatic rings. The Kier molecular flexibility index (Phi) is 4.50. The third-order valence-corrected chi connectivity index (χ3v) is 2.42. The summed E-state index contributed by atoms with van der Waals surface area (Å²) in [6, 6.07) is 0. The molecule has 13 heavy (non-hydrogen) atoms. The monoisotopic (exact) mass is 183 g/mol. The van der Waals surface area contributed by atoms with Gasteiger partial charge in [-0.05, 0) is 25.7 Å². The van der Waals surface area contributed by atoms with Crippen LogP contribution in [-0.2, 0) is 9.59 Å². The minimum Gasteiger partial charge on any atom is -0.343 e. The molecule has 1 rings (SSSR count). The quantitative estimate of drug-likeness (QED) is 0.477. The fourth-order valence-corrected chi connectivity index (χ4v) is 1.63. The van der Waals surface area contributed by atoms with Crippen LogP contribution in [0.1, 0.15) is 38.5 Å². The van der Waals surface area contributed by atoms with E-state index in [9.17, 15) is 9.59 Å². The number of carbonyl (C=O) groups excluding carboxylic acids is 2. The van der Waals surface area contributed by atoms with E-state index in [4.69, 9.17) is 0 Å². The predicted molar refractivity (Wildman–Crippen MR) is 50.3 cm³/mol. The van der Waals surface area contributed by atoms with E-state index < -0.39 is 0 Å². The lowest BCUT2D eigenvalue weighted by Gasteiger charge is -2.26. The van der Waals surface area contributed by atoms with Gasteiger partial charge in [-0.3, -0.25) is 4.79 Å². The fourth-order valence-electron chi connectivity index (χ4n) is 1.63. The Hall–Kier alpha value is -0.860. The van der Waals surface area contributed by atoms with Crippen LogP contribution in [0.2, 0.25) is 0 Å². The van der Waals surface area contributed by atoms with Crippen LogP contribution in [0.15, 0.2) is 0 Å². The summed E-state index contributed by atoms with van der Waals surface area (Å²) in [6.07, 6.45) is 6.34. The van der Waals surface area contributed by atoms with Crippen molar-refractivity contribution in [3.05, 3.63) is 0 Å². The third kappa shape index (κ3) is 3.57. The molecule has 0 aromatic carbocycles. The zero-order chi connectivity index (χ0) is 9.52. The molecule has 3 nitrogen and oxygen atoms in total. The van der Waals surface area contributed by atoms with Gasteiger partial charge >= 0.3 is 0 Å². The van der Waals surface area contributed by atoms with E-state index in [1.807, 2.05) is 4.90 Å². The van der Waals surface area contributed by atoms with Crippen LogP contribution >= 0.6 is 0 Å². The van der Waals surface area contributed by atoms with E-state index in [2.05, 4.69) is 0 Å². The number of aldehydes is 1. The van der Waals surface area contributed by atoms with Gasteiger partial charge in [-0.25, -0.2) is 0 Å². The standard InChI is InChI=1S/C10H17NO2/c12-9-5-1-3-7-11-8-4-2-6-10(11)13/h9H,1-8H2. The van der Waals surface area contributed by atoms with Crippen LogP contribution < -0.4 is 0 Å². The molecule has 74 valence electrons. The molecule has 1 fully saturated rings. The number of hydrogen-bond donors (Lipinski definition) is 0. The summed E-state index contributed by atoms with van der Waals surface area (Å²) in [5.41, 5.74) is 0. The van der Waals surface area contributed by atoms with Crippen molar-refractivity contribution in [3.63, 3.8) is 0 Å². The average Bonchev–Trinajstić information content (AvgIpc) is 2.15. The lowest BCUT2D eigenvalue weighted by atomic mass is 10.1. The van der Waals surface area contributed by atoms with E-state index in [1.54, 1.807) is 0 Å². The third-order valence-electron chi connectivity index (χ3n) is 2.42. The summed E-state index contributed by atoms with van der Waals surface area (Å²) >= 11 is 0. The molecule has 3 heteroatoms. The second-order valence-corrected chi connectivity index (χ2v) is 3.50. The maximum absolute atomic E-state index is 11.3. The van der Waals surface area contributed by atoms with Crippen molar-refractivity contribution in [2.45, 2.75) is 38.5 Å². The average molecular weight is 183 g/mol. The van der Waals surface area contributed by atoms with Gasteiger partial charge in [0.25, 0.3) is 0 Å². The smallest absolute Gasteiger partial charge is 0.222 e. The molecule has 0 atom stereocenters. The van der Waals surface area contributed by atoms with Gasteiger partial charge in [-0.15, -0.1) is 0 Å². The van der Waals surface area contributed by atoms with Crippen LogP contribution in [-0.4, -0.2) is 30.2 Å². The number of unbranched alkanes of at least 4 members (excludes halogenated alkanes) is 2. The molecule has 0 bridgehead atoms. The first-order valence-electron chi connectivity index (χ1n) is 5.06. The molecule has 1 aliphatic rings. The highest BCUT2D eigenvalue weighted by molar-refractivity contribution is 5.76. The van der Waals surface area contributed by atoms with Gasteiger partial charge in [0.05, 0.1) is 0 Å². The van der Waals surface area contributed by atoms with Gasteiger partial charge in [0, 0.05) is 25.9 Å². The van der Waals surface area contributed by atoms with Crippen molar-refractivity contribution < 1.29 is 9.59 Å². The van der Waals surface area contributed by atoms with E-state index in [0.29, 0.717) is 12.8 Å². The Morgan fingerprint density at radius 3 is 2.85 bits per heavy atom. The normalized spacial score (nSPS) is 17.5. The zero-order valence-corrected chi connectivity index (χ0v) is 8.00. The molecule has 1 aliphatic heterocycles. The van der Waals surface area contributed by atoms with Crippen molar-refractivity contribution in [3.8, 4) is 0 Å². The molecule has 0 aromatic heterocycles. The van der Waals surface area contributed by atoms with Gasteiger partial charge in [0.1, 0.15) is 6.29 Å². The first kappa shape index (κ1) is 10.2. The van der Waals surface area contributed by atoms with Crippen molar-refractivity contribution in [1.29, 1.82) is 0 Å². The molecule has 0 spiro atoms. The van der Waals surface area contributed by atoms with Crippen LogP contribution in [0.4, 0.5) is 0 Å². The number of piperidine rings is 1. The lowest BCUT2D eigenvalue weighted by Crippen LogP contribution is -2.35. The summed E-state index contributed by atoms with van der Waals surface area (Å²) in [5, 5.41) is 0. The molecule has 0 N–H and O–H groups in total. The largest absolute Gasteiger partial charge is 0.343 e. The van der Waals surface area contributed by atoms with Crippen LogP contribution in [0.25, 0.3) is 0 Å². The van der Waals surface area contributed by atoms with E-state index in [0.717, 1.165) is 45.1 Å². The number of likely N-dealkylation sites (tertiary alicyclic amines) is 1. The molecule has 0 radical (unpaired) electrons. The molecule has 1 heterocycles. The van der Waals surface area contributed by atoms with Crippen LogP contribution in [0, 0.1) is 0 Å². The Morgan fingerprint density at radius 1 is 1.31 bits per heavy atom. The molecular weight excluding hydrogens is 166 g/mol.